The summed E-state index contributed by atoms with van der Waals surface area (Å²) in [6.45, 7) is 1.45. The van der Waals surface area contributed by atoms with E-state index in [1.165, 1.54) is 11.8 Å². The highest BCUT2D eigenvalue weighted by Gasteiger charge is 2.26. The molecule has 0 saturated carbocycles. The van der Waals surface area contributed by atoms with Crippen LogP contribution in [0.4, 0.5) is 0 Å². The molecule has 1 atom stereocenters. The number of carboxylic acids is 1. The van der Waals surface area contributed by atoms with Crippen LogP contribution in [0.1, 0.15) is 13.3 Å². The van der Waals surface area contributed by atoms with Crippen molar-refractivity contribution in [2.24, 2.45) is 0 Å². The first-order valence-corrected chi connectivity index (χ1v) is 7.52. The van der Waals surface area contributed by atoms with E-state index in [2.05, 4.69) is 4.72 Å². The summed E-state index contributed by atoms with van der Waals surface area (Å²) in [5, 5.41) is 15.6. The number of rotatable bonds is 9. The van der Waals surface area contributed by atoms with Crippen LogP contribution in [-0.4, -0.2) is 54.5 Å². The van der Waals surface area contributed by atoms with Gasteiger partial charge in [0, 0.05) is 18.9 Å². The molecule has 0 rings (SSSR count). The van der Waals surface area contributed by atoms with Crippen molar-refractivity contribution in [3.05, 3.63) is 0 Å². The Hall–Kier alpha value is -0.310. The fourth-order valence-electron chi connectivity index (χ4n) is 0.782. The third-order valence-corrected chi connectivity index (χ3v) is 4.62. The van der Waals surface area contributed by atoms with E-state index in [4.69, 9.17) is 10.2 Å². The number of aliphatic hydroxyl groups excluding tert-OH is 1. The minimum absolute atomic E-state index is 0.120. The zero-order chi connectivity index (χ0) is 12.6. The number of nitrogens with one attached hydrogen (secondary N) is 1. The van der Waals surface area contributed by atoms with Crippen molar-refractivity contribution in [3.63, 3.8) is 0 Å². The van der Waals surface area contributed by atoms with Gasteiger partial charge in [0.25, 0.3) is 0 Å². The predicted octanol–water partition coefficient (Wildman–Crippen LogP) is -0.505. The van der Waals surface area contributed by atoms with E-state index in [1.807, 2.05) is 0 Å². The van der Waals surface area contributed by atoms with E-state index < -0.39 is 21.2 Å². The summed E-state index contributed by atoms with van der Waals surface area (Å²) in [7, 11) is -3.76. The molecule has 0 aliphatic carbocycles. The normalized spacial score (nSPS) is 13.6. The largest absolute Gasteiger partial charge is 0.480 e. The number of hydrogen-bond acceptors (Lipinski definition) is 5. The Kier molecular flexibility index (Phi) is 7.73. The Labute approximate surface area is 99.5 Å². The molecule has 8 heteroatoms. The fourth-order valence-corrected chi connectivity index (χ4v) is 2.60. The summed E-state index contributed by atoms with van der Waals surface area (Å²) in [6, 6.07) is 0. The average Bonchev–Trinajstić information content (AvgIpc) is 2.22. The van der Waals surface area contributed by atoms with Gasteiger partial charge in [-0.05, 0) is 19.1 Å². The molecule has 0 heterocycles. The van der Waals surface area contributed by atoms with Crippen LogP contribution in [0.3, 0.4) is 0 Å². The molecule has 0 saturated heterocycles. The fraction of sp³-hybridized carbons (Fsp3) is 0.875. The summed E-state index contributed by atoms with van der Waals surface area (Å²) in [6.07, 6.45) is 0.670. The third-order valence-electron chi connectivity index (χ3n) is 1.81. The predicted molar refractivity (Wildman–Crippen MR) is 63.0 cm³/mol. The number of thioether (sulfide) groups is 1. The maximum atomic E-state index is 11.3. The van der Waals surface area contributed by atoms with E-state index in [0.29, 0.717) is 12.2 Å². The smallest absolute Gasteiger partial charge is 0.323 e. The summed E-state index contributed by atoms with van der Waals surface area (Å²) < 4.78 is 24.9. The van der Waals surface area contributed by atoms with Crippen LogP contribution in [0, 0.1) is 0 Å². The second-order valence-corrected chi connectivity index (χ2v) is 6.42. The number of carboxylic acid groups (broad SMARTS) is 1. The number of carbonyl (C=O) groups is 1. The molecule has 16 heavy (non-hydrogen) atoms. The lowest BCUT2D eigenvalue weighted by molar-refractivity contribution is -0.136. The molecular weight excluding hydrogens is 254 g/mol. The molecule has 0 spiro atoms. The lowest BCUT2D eigenvalue weighted by Gasteiger charge is -2.09. The minimum Gasteiger partial charge on any atom is -0.480 e. The van der Waals surface area contributed by atoms with Gasteiger partial charge < -0.3 is 10.2 Å². The number of sulfonamides is 1. The van der Waals surface area contributed by atoms with Gasteiger partial charge in [0.15, 0.2) is 5.25 Å². The quantitative estimate of drug-likeness (QED) is 0.488. The Morgan fingerprint density at radius 1 is 1.44 bits per heavy atom. The molecule has 1 unspecified atom stereocenters. The van der Waals surface area contributed by atoms with Gasteiger partial charge in [0.2, 0.25) is 10.0 Å². The van der Waals surface area contributed by atoms with Crippen LogP contribution in [-0.2, 0) is 14.8 Å². The molecule has 0 aliphatic heterocycles. The van der Waals surface area contributed by atoms with Crippen LogP contribution in [0.5, 0.6) is 0 Å². The van der Waals surface area contributed by atoms with Gasteiger partial charge in [-0.15, -0.1) is 0 Å². The Morgan fingerprint density at radius 3 is 2.56 bits per heavy atom. The summed E-state index contributed by atoms with van der Waals surface area (Å²) in [4.78, 5) is 10.5. The minimum atomic E-state index is -3.76. The van der Waals surface area contributed by atoms with Crippen molar-refractivity contribution in [1.29, 1.82) is 0 Å². The highest BCUT2D eigenvalue weighted by atomic mass is 32.2. The van der Waals surface area contributed by atoms with Gasteiger partial charge >= 0.3 is 5.97 Å². The second-order valence-electron chi connectivity index (χ2n) is 3.11. The molecule has 0 aromatic heterocycles. The first-order valence-electron chi connectivity index (χ1n) is 4.81. The molecule has 3 N–H and O–H groups in total. The highest BCUT2D eigenvalue weighted by Crippen LogP contribution is 2.02. The summed E-state index contributed by atoms with van der Waals surface area (Å²) in [5.74, 6) is -0.0430. The molecule has 0 bridgehead atoms. The maximum absolute atomic E-state index is 11.3. The topological polar surface area (TPSA) is 104 Å². The Balaban J connectivity index is 3.79. The standard InChI is InChI=1S/C8H17NO5S2/c1-7(8(11)12)16(13,14)9-3-6-15-5-2-4-10/h7,9-10H,2-6H2,1H3,(H,11,12). The van der Waals surface area contributed by atoms with E-state index in [0.717, 1.165) is 12.7 Å². The SMILES string of the molecule is CC(C(=O)O)S(=O)(=O)NCCSCCCO. The molecule has 0 aromatic rings. The van der Waals surface area contributed by atoms with Crippen molar-refractivity contribution in [2.75, 3.05) is 24.7 Å². The highest BCUT2D eigenvalue weighted by molar-refractivity contribution is 7.99. The average molecular weight is 271 g/mol. The lowest BCUT2D eigenvalue weighted by Crippen LogP contribution is -2.38. The van der Waals surface area contributed by atoms with Gasteiger partial charge in [-0.2, -0.15) is 11.8 Å². The van der Waals surface area contributed by atoms with Crippen molar-refractivity contribution < 1.29 is 23.4 Å². The maximum Gasteiger partial charge on any atom is 0.323 e. The molecular formula is C8H17NO5S2. The molecule has 0 fully saturated rings. The number of aliphatic hydroxyl groups is 1. The van der Waals surface area contributed by atoms with E-state index in [-0.39, 0.29) is 13.2 Å². The third kappa shape index (κ3) is 6.31. The number of hydrogen-bond donors (Lipinski definition) is 3. The molecule has 0 amide bonds. The van der Waals surface area contributed by atoms with Gasteiger partial charge in [0.1, 0.15) is 0 Å². The Morgan fingerprint density at radius 2 is 2.06 bits per heavy atom. The molecule has 6 nitrogen and oxygen atoms in total. The van der Waals surface area contributed by atoms with E-state index in [9.17, 15) is 13.2 Å². The lowest BCUT2D eigenvalue weighted by atomic mass is 10.5. The summed E-state index contributed by atoms with van der Waals surface area (Å²) in [5.41, 5.74) is 0. The zero-order valence-electron chi connectivity index (χ0n) is 9.05. The summed E-state index contributed by atoms with van der Waals surface area (Å²) >= 11 is 1.50. The van der Waals surface area contributed by atoms with Crippen molar-refractivity contribution >= 4 is 27.8 Å². The first kappa shape index (κ1) is 15.7. The Bertz CT molecular complexity index is 304. The van der Waals surface area contributed by atoms with Crippen LogP contribution in [0.15, 0.2) is 0 Å². The molecule has 0 aromatic carbocycles. The van der Waals surface area contributed by atoms with Gasteiger partial charge in [-0.3, -0.25) is 4.79 Å². The monoisotopic (exact) mass is 271 g/mol. The van der Waals surface area contributed by atoms with Crippen LogP contribution in [0.25, 0.3) is 0 Å². The van der Waals surface area contributed by atoms with Crippen molar-refractivity contribution in [1.82, 2.24) is 4.72 Å². The van der Waals surface area contributed by atoms with Crippen molar-refractivity contribution in [2.45, 2.75) is 18.6 Å². The van der Waals surface area contributed by atoms with E-state index >= 15 is 0 Å². The van der Waals surface area contributed by atoms with Gasteiger partial charge in [-0.1, -0.05) is 0 Å². The number of aliphatic carboxylic acids is 1. The van der Waals surface area contributed by atoms with E-state index in [1.54, 1.807) is 0 Å². The molecule has 96 valence electrons. The van der Waals surface area contributed by atoms with Crippen LogP contribution < -0.4 is 4.72 Å². The zero-order valence-corrected chi connectivity index (χ0v) is 10.7. The van der Waals surface area contributed by atoms with Gasteiger partial charge in [-0.25, -0.2) is 13.1 Å². The van der Waals surface area contributed by atoms with Crippen LogP contribution >= 0.6 is 11.8 Å². The molecule has 0 aliphatic rings. The van der Waals surface area contributed by atoms with Gasteiger partial charge in [0.05, 0.1) is 0 Å². The first-order chi connectivity index (χ1) is 7.41. The second kappa shape index (κ2) is 7.88. The van der Waals surface area contributed by atoms with Crippen molar-refractivity contribution in [3.8, 4) is 0 Å². The van der Waals surface area contributed by atoms with Crippen LogP contribution in [0.2, 0.25) is 0 Å². The molecule has 0 radical (unpaired) electrons.